The molecule has 21 heavy (non-hydrogen) atoms. The van der Waals surface area contributed by atoms with E-state index in [1.165, 1.54) is 6.07 Å². The van der Waals surface area contributed by atoms with Gasteiger partial charge in [-0.25, -0.2) is 4.39 Å². The first-order chi connectivity index (χ1) is 9.92. The van der Waals surface area contributed by atoms with E-state index in [0.29, 0.717) is 11.3 Å². The Morgan fingerprint density at radius 1 is 1.14 bits per heavy atom. The van der Waals surface area contributed by atoms with E-state index in [0.717, 1.165) is 16.8 Å². The summed E-state index contributed by atoms with van der Waals surface area (Å²) in [6.45, 7) is 4.00. The predicted octanol–water partition coefficient (Wildman–Crippen LogP) is 3.30. The lowest BCUT2D eigenvalue weighted by Crippen LogP contribution is -2.15. The van der Waals surface area contributed by atoms with Crippen molar-refractivity contribution in [1.29, 1.82) is 0 Å². The average molecular weight is 287 g/mol. The van der Waals surface area contributed by atoms with Gasteiger partial charge in [-0.2, -0.15) is 0 Å². The molecule has 0 bridgehead atoms. The van der Waals surface area contributed by atoms with Gasteiger partial charge in [-0.05, 0) is 55.3 Å². The number of hydrogen-bond acceptors (Lipinski definition) is 3. The molecule has 0 aromatic heterocycles. The molecule has 3 N–H and O–H groups in total. The Hall–Kier alpha value is -2.56. The maximum absolute atomic E-state index is 14.3. The molecule has 0 spiro atoms. The van der Waals surface area contributed by atoms with Crippen molar-refractivity contribution < 1.29 is 9.60 Å². The van der Waals surface area contributed by atoms with Crippen molar-refractivity contribution >= 4 is 17.2 Å². The van der Waals surface area contributed by atoms with Crippen molar-refractivity contribution in [2.24, 2.45) is 10.9 Å². The Morgan fingerprint density at radius 2 is 1.76 bits per heavy atom. The van der Waals surface area contributed by atoms with E-state index < -0.39 is 5.82 Å². The molecule has 2 rings (SSSR count). The van der Waals surface area contributed by atoms with Crippen molar-refractivity contribution in [3.8, 4) is 0 Å². The number of amidine groups is 1. The molecule has 0 amide bonds. The third-order valence-electron chi connectivity index (χ3n) is 3.31. The van der Waals surface area contributed by atoms with Gasteiger partial charge in [0.05, 0.1) is 5.69 Å². The topological polar surface area (TPSA) is 61.8 Å². The second-order valence-electron chi connectivity index (χ2n) is 5.06. The number of aryl methyl sites for hydroxylation is 2. The number of nitrogens with two attached hydrogens (primary N) is 1. The number of halogens is 1. The minimum atomic E-state index is -0.430. The van der Waals surface area contributed by atoms with Crippen LogP contribution in [0.2, 0.25) is 0 Å². The van der Waals surface area contributed by atoms with E-state index in [9.17, 15) is 4.39 Å². The zero-order chi connectivity index (χ0) is 15.6. The van der Waals surface area contributed by atoms with Crippen LogP contribution < -0.4 is 10.6 Å². The first kappa shape index (κ1) is 14.8. The summed E-state index contributed by atoms with van der Waals surface area (Å²) in [4.78, 5) is 1.77. The van der Waals surface area contributed by atoms with Gasteiger partial charge in [-0.1, -0.05) is 11.2 Å². The van der Waals surface area contributed by atoms with Crippen LogP contribution in [0.5, 0.6) is 0 Å². The van der Waals surface area contributed by atoms with Crippen LogP contribution in [0.15, 0.2) is 41.6 Å². The third kappa shape index (κ3) is 3.13. The number of oxime groups is 1. The zero-order valence-corrected chi connectivity index (χ0v) is 12.3. The van der Waals surface area contributed by atoms with Gasteiger partial charge in [0.15, 0.2) is 5.84 Å². The molecule has 0 saturated carbocycles. The highest BCUT2D eigenvalue weighted by atomic mass is 19.1. The molecular formula is C16H18FN3O. The molecule has 0 saturated heterocycles. The van der Waals surface area contributed by atoms with Crippen molar-refractivity contribution in [2.45, 2.75) is 13.8 Å². The lowest BCUT2D eigenvalue weighted by molar-refractivity contribution is 0.318. The summed E-state index contributed by atoms with van der Waals surface area (Å²) in [6.07, 6.45) is 0. The molecule has 0 aliphatic carbocycles. The SMILES string of the molecule is Cc1cc(C)cc(N(C)c2ccc(C(N)=NO)cc2F)c1. The Morgan fingerprint density at radius 3 is 2.29 bits per heavy atom. The van der Waals surface area contributed by atoms with E-state index in [-0.39, 0.29) is 5.84 Å². The van der Waals surface area contributed by atoms with Gasteiger partial charge < -0.3 is 15.8 Å². The largest absolute Gasteiger partial charge is 0.409 e. The Bertz CT molecular complexity index is 678. The smallest absolute Gasteiger partial charge is 0.170 e. The summed E-state index contributed by atoms with van der Waals surface area (Å²) in [5, 5.41) is 11.5. The Labute approximate surface area is 123 Å². The van der Waals surface area contributed by atoms with Crippen LogP contribution in [-0.4, -0.2) is 18.1 Å². The summed E-state index contributed by atoms with van der Waals surface area (Å²) in [7, 11) is 1.80. The van der Waals surface area contributed by atoms with E-state index in [2.05, 4.69) is 11.2 Å². The van der Waals surface area contributed by atoms with Gasteiger partial charge in [0.25, 0.3) is 0 Å². The van der Waals surface area contributed by atoms with Crippen LogP contribution in [0.25, 0.3) is 0 Å². The zero-order valence-electron chi connectivity index (χ0n) is 12.3. The molecule has 110 valence electrons. The molecule has 0 aliphatic heterocycles. The molecule has 0 radical (unpaired) electrons. The standard InChI is InChI=1S/C16H18FN3O/c1-10-6-11(2)8-13(7-10)20(3)15-5-4-12(9-14(15)17)16(18)19-21/h4-9,21H,1-3H3,(H2,18,19). The van der Waals surface area contributed by atoms with Gasteiger partial charge in [-0.3, -0.25) is 0 Å². The first-order valence-corrected chi connectivity index (χ1v) is 6.52. The predicted molar refractivity (Wildman–Crippen MR) is 82.9 cm³/mol. The monoisotopic (exact) mass is 287 g/mol. The summed E-state index contributed by atoms with van der Waals surface area (Å²) >= 11 is 0. The number of rotatable bonds is 3. The quantitative estimate of drug-likeness (QED) is 0.394. The van der Waals surface area contributed by atoms with Crippen LogP contribution in [0.4, 0.5) is 15.8 Å². The van der Waals surface area contributed by atoms with E-state index in [1.54, 1.807) is 24.1 Å². The van der Waals surface area contributed by atoms with Crippen LogP contribution in [0.3, 0.4) is 0 Å². The highest BCUT2D eigenvalue weighted by molar-refractivity contribution is 5.97. The number of nitrogens with zero attached hydrogens (tertiary/aromatic N) is 2. The minimum Gasteiger partial charge on any atom is -0.409 e. The molecule has 0 unspecified atom stereocenters. The fraction of sp³-hybridized carbons (Fsp3) is 0.188. The number of hydrogen-bond donors (Lipinski definition) is 2. The lowest BCUT2D eigenvalue weighted by atomic mass is 10.1. The van der Waals surface area contributed by atoms with Crippen molar-refractivity contribution in [3.63, 3.8) is 0 Å². The maximum Gasteiger partial charge on any atom is 0.170 e. The fourth-order valence-electron chi connectivity index (χ4n) is 2.28. The molecule has 2 aromatic rings. The summed E-state index contributed by atoms with van der Waals surface area (Å²) in [6, 6.07) is 10.5. The van der Waals surface area contributed by atoms with Crippen LogP contribution in [0.1, 0.15) is 16.7 Å². The fourth-order valence-corrected chi connectivity index (χ4v) is 2.28. The van der Waals surface area contributed by atoms with E-state index in [4.69, 9.17) is 10.9 Å². The van der Waals surface area contributed by atoms with Gasteiger partial charge in [0.2, 0.25) is 0 Å². The summed E-state index contributed by atoms with van der Waals surface area (Å²) < 4.78 is 14.3. The van der Waals surface area contributed by atoms with Gasteiger partial charge >= 0.3 is 0 Å². The minimum absolute atomic E-state index is 0.116. The van der Waals surface area contributed by atoms with Crippen LogP contribution >= 0.6 is 0 Å². The highest BCUT2D eigenvalue weighted by Gasteiger charge is 2.12. The third-order valence-corrected chi connectivity index (χ3v) is 3.31. The maximum atomic E-state index is 14.3. The highest BCUT2D eigenvalue weighted by Crippen LogP contribution is 2.28. The number of benzene rings is 2. The average Bonchev–Trinajstić information content (AvgIpc) is 2.44. The molecule has 0 heterocycles. The molecule has 4 nitrogen and oxygen atoms in total. The van der Waals surface area contributed by atoms with E-state index >= 15 is 0 Å². The van der Waals surface area contributed by atoms with Gasteiger partial charge in [-0.15, -0.1) is 0 Å². The van der Waals surface area contributed by atoms with Crippen molar-refractivity contribution in [3.05, 3.63) is 58.9 Å². The van der Waals surface area contributed by atoms with Crippen LogP contribution in [-0.2, 0) is 0 Å². The number of anilines is 2. The Kier molecular flexibility index (Phi) is 4.12. The van der Waals surface area contributed by atoms with Crippen molar-refractivity contribution in [2.75, 3.05) is 11.9 Å². The summed E-state index contributed by atoms with van der Waals surface area (Å²) in [5.74, 6) is -0.546. The normalized spacial score (nSPS) is 11.5. The van der Waals surface area contributed by atoms with Crippen molar-refractivity contribution in [1.82, 2.24) is 0 Å². The first-order valence-electron chi connectivity index (χ1n) is 6.52. The molecular weight excluding hydrogens is 269 g/mol. The van der Waals surface area contributed by atoms with Gasteiger partial charge in [0.1, 0.15) is 5.82 Å². The molecule has 0 aliphatic rings. The molecule has 0 fully saturated rings. The molecule has 0 atom stereocenters. The van der Waals surface area contributed by atoms with Crippen LogP contribution in [0, 0.1) is 19.7 Å². The second kappa shape index (κ2) is 5.83. The van der Waals surface area contributed by atoms with Gasteiger partial charge in [0, 0.05) is 18.3 Å². The molecule has 2 aromatic carbocycles. The second-order valence-corrected chi connectivity index (χ2v) is 5.06. The van der Waals surface area contributed by atoms with E-state index in [1.807, 2.05) is 26.0 Å². The lowest BCUT2D eigenvalue weighted by Gasteiger charge is -2.21. The Balaban J connectivity index is 2.41. The summed E-state index contributed by atoms with van der Waals surface area (Å²) in [5.41, 5.74) is 9.36. The molecule has 5 heteroatoms.